The van der Waals surface area contributed by atoms with E-state index >= 15 is 0 Å². The Hall–Kier alpha value is -2.88. The van der Waals surface area contributed by atoms with Gasteiger partial charge in [-0.15, -0.1) is 0 Å². The van der Waals surface area contributed by atoms with Crippen molar-refractivity contribution in [3.63, 3.8) is 0 Å². The molecular formula is C28H31BrClN3O4S. The molecule has 3 aromatic rings. The van der Waals surface area contributed by atoms with Gasteiger partial charge in [0.25, 0.3) is 0 Å². The van der Waals surface area contributed by atoms with Crippen molar-refractivity contribution in [1.82, 2.24) is 10.2 Å². The number of sulfonamides is 1. The predicted octanol–water partition coefficient (Wildman–Crippen LogP) is 5.03. The van der Waals surface area contributed by atoms with Gasteiger partial charge in [0.15, 0.2) is 0 Å². The molecule has 10 heteroatoms. The lowest BCUT2D eigenvalue weighted by molar-refractivity contribution is -0.140. The summed E-state index contributed by atoms with van der Waals surface area (Å²) in [5.74, 6) is -0.868. The predicted molar refractivity (Wildman–Crippen MR) is 156 cm³/mol. The topological polar surface area (TPSA) is 86.8 Å². The normalized spacial score (nSPS) is 12.2. The van der Waals surface area contributed by atoms with Crippen LogP contribution in [0.15, 0.2) is 83.3 Å². The van der Waals surface area contributed by atoms with Gasteiger partial charge in [-0.25, -0.2) is 8.42 Å². The molecule has 0 aromatic heterocycles. The van der Waals surface area contributed by atoms with E-state index in [0.29, 0.717) is 20.7 Å². The van der Waals surface area contributed by atoms with Crippen LogP contribution in [-0.2, 0) is 32.6 Å². The number of rotatable bonds is 11. The Kier molecular flexibility index (Phi) is 10.4. The zero-order valence-electron chi connectivity index (χ0n) is 21.5. The highest BCUT2D eigenvalue weighted by atomic mass is 79.9. The molecule has 0 spiro atoms. The summed E-state index contributed by atoms with van der Waals surface area (Å²) in [5.41, 5.74) is 1.84. The van der Waals surface area contributed by atoms with E-state index in [1.54, 1.807) is 48.5 Å². The van der Waals surface area contributed by atoms with Gasteiger partial charge in [-0.3, -0.25) is 13.9 Å². The second-order valence-electron chi connectivity index (χ2n) is 9.23. The molecule has 0 aliphatic carbocycles. The van der Waals surface area contributed by atoms with Gasteiger partial charge in [0.05, 0.1) is 11.9 Å². The van der Waals surface area contributed by atoms with Crippen LogP contribution in [0, 0.1) is 0 Å². The Morgan fingerprint density at radius 1 is 0.974 bits per heavy atom. The number of hydrogen-bond acceptors (Lipinski definition) is 4. The second kappa shape index (κ2) is 13.3. The molecule has 38 heavy (non-hydrogen) atoms. The van der Waals surface area contributed by atoms with Gasteiger partial charge in [-0.05, 0) is 49.2 Å². The first-order valence-electron chi connectivity index (χ1n) is 12.1. The summed E-state index contributed by atoms with van der Waals surface area (Å²) in [5, 5.41) is 3.36. The third kappa shape index (κ3) is 8.31. The number of halogens is 2. The van der Waals surface area contributed by atoms with Crippen molar-refractivity contribution in [3.8, 4) is 0 Å². The molecule has 0 aliphatic rings. The van der Waals surface area contributed by atoms with Crippen LogP contribution in [0.5, 0.6) is 0 Å². The van der Waals surface area contributed by atoms with Crippen molar-refractivity contribution in [2.24, 2.45) is 0 Å². The van der Waals surface area contributed by atoms with Crippen molar-refractivity contribution >= 4 is 55.1 Å². The van der Waals surface area contributed by atoms with Gasteiger partial charge in [-0.2, -0.15) is 0 Å². The number of carbonyl (C=O) groups is 2. The quantitative estimate of drug-likeness (QED) is 0.326. The maximum atomic E-state index is 14.0. The lowest BCUT2D eigenvalue weighted by atomic mass is 10.0. The molecule has 0 bridgehead atoms. The minimum Gasteiger partial charge on any atom is -0.352 e. The molecule has 202 valence electrons. The number of anilines is 1. The summed E-state index contributed by atoms with van der Waals surface area (Å²) in [4.78, 5) is 28.9. The fraction of sp³-hybridized carbons (Fsp3) is 0.286. The maximum Gasteiger partial charge on any atom is 0.244 e. The van der Waals surface area contributed by atoms with Crippen LogP contribution in [0.3, 0.4) is 0 Å². The Labute approximate surface area is 238 Å². The zero-order valence-corrected chi connectivity index (χ0v) is 24.6. The van der Waals surface area contributed by atoms with E-state index in [4.69, 9.17) is 11.6 Å². The largest absolute Gasteiger partial charge is 0.352 e. The molecule has 1 N–H and O–H groups in total. The average molecular weight is 621 g/mol. The zero-order chi connectivity index (χ0) is 27.9. The summed E-state index contributed by atoms with van der Waals surface area (Å²) in [7, 11) is -3.83. The number of nitrogens with zero attached hydrogens (tertiary/aromatic N) is 2. The fourth-order valence-electron chi connectivity index (χ4n) is 3.99. The first kappa shape index (κ1) is 29.7. The number of carbonyl (C=O) groups excluding carboxylic acids is 2. The van der Waals surface area contributed by atoms with Crippen molar-refractivity contribution in [2.45, 2.75) is 38.9 Å². The first-order chi connectivity index (χ1) is 18.0. The van der Waals surface area contributed by atoms with Crippen LogP contribution >= 0.6 is 27.5 Å². The van der Waals surface area contributed by atoms with Crippen molar-refractivity contribution in [1.29, 1.82) is 0 Å². The SMILES string of the molecule is CC(C)NC(=O)C(Cc1ccccc1)N(Cc1ccccc1Cl)C(=O)CN(c1cccc(Br)c1)S(C)(=O)=O. The van der Waals surface area contributed by atoms with Gasteiger partial charge >= 0.3 is 0 Å². The lowest BCUT2D eigenvalue weighted by Gasteiger charge is -2.34. The highest BCUT2D eigenvalue weighted by Gasteiger charge is 2.33. The molecule has 1 atom stereocenters. The molecule has 0 saturated carbocycles. The average Bonchev–Trinajstić information content (AvgIpc) is 2.85. The molecule has 0 aliphatic heterocycles. The van der Waals surface area contributed by atoms with Crippen LogP contribution in [0.1, 0.15) is 25.0 Å². The summed E-state index contributed by atoms with van der Waals surface area (Å²) < 4.78 is 27.3. The van der Waals surface area contributed by atoms with E-state index in [-0.39, 0.29) is 24.9 Å². The van der Waals surface area contributed by atoms with Crippen molar-refractivity contribution in [3.05, 3.63) is 99.5 Å². The molecule has 2 amide bonds. The third-order valence-electron chi connectivity index (χ3n) is 5.78. The fourth-order valence-corrected chi connectivity index (χ4v) is 5.41. The van der Waals surface area contributed by atoms with Crippen molar-refractivity contribution in [2.75, 3.05) is 17.1 Å². The number of hydrogen-bond donors (Lipinski definition) is 1. The highest BCUT2D eigenvalue weighted by molar-refractivity contribution is 9.10. The molecule has 7 nitrogen and oxygen atoms in total. The van der Waals surface area contributed by atoms with Crippen molar-refractivity contribution < 1.29 is 18.0 Å². The van der Waals surface area contributed by atoms with Crippen LogP contribution in [0.4, 0.5) is 5.69 Å². The standard InChI is InChI=1S/C28H31BrClN3O4S/c1-20(2)31-28(35)26(16-21-10-5-4-6-11-21)32(18-22-12-7-8-15-25(22)30)27(34)19-33(38(3,36)37)24-14-9-13-23(29)17-24/h4-15,17,20,26H,16,18-19H2,1-3H3,(H,31,35). The Bertz CT molecular complexity index is 1370. The smallest absolute Gasteiger partial charge is 0.244 e. The second-order valence-corrected chi connectivity index (χ2v) is 12.5. The summed E-state index contributed by atoms with van der Waals surface area (Å²) >= 11 is 9.81. The van der Waals surface area contributed by atoms with Crippen LogP contribution in [0.25, 0.3) is 0 Å². The van der Waals surface area contributed by atoms with E-state index in [2.05, 4.69) is 21.2 Å². The minimum absolute atomic E-state index is 0.0254. The van der Waals surface area contributed by atoms with Crippen LogP contribution < -0.4 is 9.62 Å². The molecule has 3 aromatic carbocycles. The van der Waals surface area contributed by atoms with Gasteiger partial charge in [0.1, 0.15) is 12.6 Å². The molecule has 0 heterocycles. The number of nitrogens with one attached hydrogen (secondary N) is 1. The number of benzene rings is 3. The van der Waals surface area contributed by atoms with Gasteiger partial charge < -0.3 is 10.2 Å². The summed E-state index contributed by atoms with van der Waals surface area (Å²) in [6, 6.07) is 22.1. The van der Waals surface area contributed by atoms with E-state index in [9.17, 15) is 18.0 Å². The van der Waals surface area contributed by atoms with E-state index in [1.807, 2.05) is 44.2 Å². The molecular weight excluding hydrogens is 590 g/mol. The van der Waals surface area contributed by atoms with Gasteiger partial charge in [0, 0.05) is 28.5 Å². The maximum absolute atomic E-state index is 14.0. The Balaban J connectivity index is 2.07. The molecule has 0 fully saturated rings. The Morgan fingerprint density at radius 3 is 2.24 bits per heavy atom. The van der Waals surface area contributed by atoms with Crippen LogP contribution in [0.2, 0.25) is 5.02 Å². The molecule has 1 unspecified atom stereocenters. The monoisotopic (exact) mass is 619 g/mol. The molecule has 3 rings (SSSR count). The highest BCUT2D eigenvalue weighted by Crippen LogP contribution is 2.24. The lowest BCUT2D eigenvalue weighted by Crippen LogP contribution is -2.54. The molecule has 0 saturated heterocycles. The first-order valence-corrected chi connectivity index (χ1v) is 15.1. The van der Waals surface area contributed by atoms with Gasteiger partial charge in [-0.1, -0.05) is 82.1 Å². The molecule has 0 radical (unpaired) electrons. The minimum atomic E-state index is -3.83. The summed E-state index contributed by atoms with van der Waals surface area (Å²) in [6.07, 6.45) is 1.29. The summed E-state index contributed by atoms with van der Waals surface area (Å²) in [6.45, 7) is 3.23. The van der Waals surface area contributed by atoms with E-state index in [0.717, 1.165) is 16.1 Å². The van der Waals surface area contributed by atoms with E-state index in [1.165, 1.54) is 4.90 Å². The Morgan fingerprint density at radius 2 is 1.63 bits per heavy atom. The van der Waals surface area contributed by atoms with E-state index < -0.39 is 28.5 Å². The number of amides is 2. The third-order valence-corrected chi connectivity index (χ3v) is 7.78. The van der Waals surface area contributed by atoms with Gasteiger partial charge in [0.2, 0.25) is 21.8 Å². The van der Waals surface area contributed by atoms with Crippen LogP contribution in [-0.4, -0.2) is 50.0 Å².